The van der Waals surface area contributed by atoms with Crippen LogP contribution >= 0.6 is 0 Å². The highest BCUT2D eigenvalue weighted by molar-refractivity contribution is 5.94. The van der Waals surface area contributed by atoms with Gasteiger partial charge in [-0.1, -0.05) is 43.7 Å². The Morgan fingerprint density at radius 1 is 0.903 bits per heavy atom. The Morgan fingerprint density at radius 3 is 2.35 bits per heavy atom. The quantitative estimate of drug-likeness (QED) is 0.435. The van der Waals surface area contributed by atoms with Gasteiger partial charge in [-0.05, 0) is 30.7 Å². The van der Waals surface area contributed by atoms with Gasteiger partial charge in [0.05, 0.1) is 18.1 Å². The Hall–Kier alpha value is -3.87. The monoisotopic (exact) mass is 413 g/mol. The fourth-order valence-corrected chi connectivity index (χ4v) is 3.13. The number of benzene rings is 2. The summed E-state index contributed by atoms with van der Waals surface area (Å²) in [4.78, 5) is 23.2. The van der Waals surface area contributed by atoms with Gasteiger partial charge in [0.15, 0.2) is 0 Å². The summed E-state index contributed by atoms with van der Waals surface area (Å²) in [6.07, 6.45) is 5.30. The molecule has 2 heterocycles. The Kier molecular flexibility index (Phi) is 6.12. The van der Waals surface area contributed by atoms with E-state index in [1.165, 1.54) is 0 Å². The number of rotatable bonds is 7. The zero-order valence-corrected chi connectivity index (χ0v) is 17.5. The second-order valence-electron chi connectivity index (χ2n) is 7.23. The summed E-state index contributed by atoms with van der Waals surface area (Å²) in [6.45, 7) is 2.86. The van der Waals surface area contributed by atoms with Crippen LogP contribution in [0.3, 0.4) is 0 Å². The summed E-state index contributed by atoms with van der Waals surface area (Å²) >= 11 is 0. The first-order chi connectivity index (χ1) is 15.2. The molecule has 0 fully saturated rings. The van der Waals surface area contributed by atoms with Gasteiger partial charge >= 0.3 is 0 Å². The number of hydrogen-bond acceptors (Lipinski definition) is 6. The Balaban J connectivity index is 1.54. The van der Waals surface area contributed by atoms with Crippen LogP contribution in [0.4, 0.5) is 0 Å². The minimum atomic E-state index is 0.0131. The normalized spacial score (nSPS) is 10.8. The Morgan fingerprint density at radius 2 is 1.61 bits per heavy atom. The van der Waals surface area contributed by atoms with Crippen LogP contribution in [0.2, 0.25) is 0 Å². The van der Waals surface area contributed by atoms with Crippen LogP contribution in [0, 0.1) is 0 Å². The van der Waals surface area contributed by atoms with Crippen molar-refractivity contribution in [1.82, 2.24) is 25.1 Å². The molecular weight excluding hydrogens is 390 g/mol. The molecule has 2 aromatic carbocycles. The number of amides is 1. The zero-order valence-electron chi connectivity index (χ0n) is 17.5. The van der Waals surface area contributed by atoms with Crippen LogP contribution in [0.15, 0.2) is 71.4 Å². The van der Waals surface area contributed by atoms with E-state index in [9.17, 15) is 4.79 Å². The average molecular weight is 413 g/mol. The first-order valence-corrected chi connectivity index (χ1v) is 10.2. The van der Waals surface area contributed by atoms with Crippen molar-refractivity contribution in [2.45, 2.75) is 19.8 Å². The lowest BCUT2D eigenvalue weighted by atomic mass is 10.1. The molecule has 7 heteroatoms. The van der Waals surface area contributed by atoms with Crippen molar-refractivity contribution >= 4 is 5.91 Å². The molecule has 0 saturated carbocycles. The SMILES string of the molecule is CCCCN(C)C(=O)c1ccc(-c2cncc(-c3nnc(-c4ccccc4)o3)n2)cc1. The second kappa shape index (κ2) is 9.30. The van der Waals surface area contributed by atoms with Crippen LogP contribution in [0.5, 0.6) is 0 Å². The number of aromatic nitrogens is 4. The molecule has 4 aromatic rings. The molecule has 0 spiro atoms. The largest absolute Gasteiger partial charge is 0.415 e. The van der Waals surface area contributed by atoms with E-state index in [1.54, 1.807) is 17.3 Å². The maximum absolute atomic E-state index is 12.5. The molecule has 0 radical (unpaired) electrons. The van der Waals surface area contributed by atoms with Crippen molar-refractivity contribution in [2.75, 3.05) is 13.6 Å². The van der Waals surface area contributed by atoms with Gasteiger partial charge in [-0.25, -0.2) is 4.98 Å². The van der Waals surface area contributed by atoms with E-state index >= 15 is 0 Å². The van der Waals surface area contributed by atoms with Gasteiger partial charge in [-0.2, -0.15) is 0 Å². The molecule has 2 aromatic heterocycles. The molecule has 0 N–H and O–H groups in total. The molecule has 0 atom stereocenters. The summed E-state index contributed by atoms with van der Waals surface area (Å²) in [7, 11) is 1.83. The average Bonchev–Trinajstić information content (AvgIpc) is 3.33. The van der Waals surface area contributed by atoms with E-state index in [1.807, 2.05) is 61.6 Å². The first-order valence-electron chi connectivity index (χ1n) is 10.2. The van der Waals surface area contributed by atoms with Gasteiger partial charge in [0.1, 0.15) is 5.69 Å². The molecule has 4 rings (SSSR count). The second-order valence-corrected chi connectivity index (χ2v) is 7.23. The van der Waals surface area contributed by atoms with Crippen LogP contribution in [-0.2, 0) is 0 Å². The molecule has 0 unspecified atom stereocenters. The minimum Gasteiger partial charge on any atom is -0.415 e. The van der Waals surface area contributed by atoms with Crippen molar-refractivity contribution < 1.29 is 9.21 Å². The Labute approximate surface area is 180 Å². The molecule has 0 saturated heterocycles. The molecule has 31 heavy (non-hydrogen) atoms. The summed E-state index contributed by atoms with van der Waals surface area (Å²) < 4.78 is 5.78. The number of unbranched alkanes of at least 4 members (excludes halogenated alkanes) is 1. The van der Waals surface area contributed by atoms with Crippen molar-refractivity contribution in [2.24, 2.45) is 0 Å². The third kappa shape index (κ3) is 4.66. The van der Waals surface area contributed by atoms with E-state index in [0.717, 1.165) is 30.5 Å². The molecule has 0 aliphatic rings. The fourth-order valence-electron chi connectivity index (χ4n) is 3.13. The van der Waals surface area contributed by atoms with Crippen LogP contribution < -0.4 is 0 Å². The third-order valence-corrected chi connectivity index (χ3v) is 4.92. The maximum Gasteiger partial charge on any atom is 0.268 e. The van der Waals surface area contributed by atoms with Crippen molar-refractivity contribution in [3.8, 4) is 34.3 Å². The lowest BCUT2D eigenvalue weighted by molar-refractivity contribution is 0.0793. The first kappa shape index (κ1) is 20.4. The fraction of sp³-hybridized carbons (Fsp3) is 0.208. The molecule has 7 nitrogen and oxygen atoms in total. The number of nitrogens with zero attached hydrogens (tertiary/aromatic N) is 5. The van der Waals surface area contributed by atoms with Crippen LogP contribution in [0.1, 0.15) is 30.1 Å². The van der Waals surface area contributed by atoms with Crippen LogP contribution in [-0.4, -0.2) is 44.6 Å². The topological polar surface area (TPSA) is 85.0 Å². The highest BCUT2D eigenvalue weighted by Crippen LogP contribution is 2.24. The van der Waals surface area contributed by atoms with Gasteiger partial charge in [0.25, 0.3) is 11.8 Å². The summed E-state index contributed by atoms with van der Waals surface area (Å²) in [5, 5.41) is 8.22. The molecular formula is C24H23N5O2. The summed E-state index contributed by atoms with van der Waals surface area (Å²) in [5.41, 5.74) is 3.50. The third-order valence-electron chi connectivity index (χ3n) is 4.92. The molecule has 1 amide bonds. The van der Waals surface area contributed by atoms with E-state index in [-0.39, 0.29) is 5.91 Å². The smallest absolute Gasteiger partial charge is 0.268 e. The van der Waals surface area contributed by atoms with Crippen molar-refractivity contribution in [1.29, 1.82) is 0 Å². The summed E-state index contributed by atoms with van der Waals surface area (Å²) in [6, 6.07) is 16.9. The lowest BCUT2D eigenvalue weighted by Gasteiger charge is -2.16. The van der Waals surface area contributed by atoms with Gasteiger partial charge in [0.2, 0.25) is 5.89 Å². The number of carbonyl (C=O) groups excluding carboxylic acids is 1. The predicted octanol–water partition coefficient (Wildman–Crippen LogP) is 4.73. The van der Waals surface area contributed by atoms with Gasteiger partial charge in [0, 0.05) is 30.3 Å². The highest BCUT2D eigenvalue weighted by Gasteiger charge is 2.14. The van der Waals surface area contributed by atoms with Crippen molar-refractivity contribution in [3.63, 3.8) is 0 Å². The molecule has 0 aliphatic heterocycles. The predicted molar refractivity (Wildman–Crippen MR) is 118 cm³/mol. The van der Waals surface area contributed by atoms with E-state index in [0.29, 0.717) is 28.7 Å². The molecule has 0 bridgehead atoms. The van der Waals surface area contributed by atoms with E-state index in [2.05, 4.69) is 27.1 Å². The summed E-state index contributed by atoms with van der Waals surface area (Å²) in [5.74, 6) is 0.745. The highest BCUT2D eigenvalue weighted by atomic mass is 16.4. The Bertz CT molecular complexity index is 1160. The maximum atomic E-state index is 12.5. The van der Waals surface area contributed by atoms with Crippen molar-refractivity contribution in [3.05, 3.63) is 72.6 Å². The van der Waals surface area contributed by atoms with Crippen LogP contribution in [0.25, 0.3) is 34.3 Å². The van der Waals surface area contributed by atoms with Gasteiger partial charge < -0.3 is 9.32 Å². The van der Waals surface area contributed by atoms with E-state index in [4.69, 9.17) is 4.42 Å². The lowest BCUT2D eigenvalue weighted by Crippen LogP contribution is -2.27. The molecule has 156 valence electrons. The minimum absolute atomic E-state index is 0.0131. The van der Waals surface area contributed by atoms with E-state index < -0.39 is 0 Å². The zero-order chi connectivity index (χ0) is 21.6. The number of hydrogen-bond donors (Lipinski definition) is 0. The molecule has 0 aliphatic carbocycles. The van der Waals surface area contributed by atoms with Gasteiger partial charge in [-0.15, -0.1) is 10.2 Å². The number of carbonyl (C=O) groups is 1. The van der Waals surface area contributed by atoms with Gasteiger partial charge in [-0.3, -0.25) is 9.78 Å². The standard InChI is InChI=1S/C24H23N5O2/c1-3-4-14-29(2)24(30)19-12-10-17(11-13-19)20-15-25-16-21(26-20)23-28-27-22(31-23)18-8-6-5-7-9-18/h5-13,15-16H,3-4,14H2,1-2H3.